The topological polar surface area (TPSA) is 222 Å². The van der Waals surface area contributed by atoms with Crippen LogP contribution in [-0.4, -0.2) is 99.8 Å². The third-order valence-corrected chi connectivity index (χ3v) is 8.74. The van der Waals surface area contributed by atoms with Gasteiger partial charge < -0.3 is 26.6 Å². The van der Waals surface area contributed by atoms with Crippen LogP contribution in [0.15, 0.2) is 23.8 Å². The fourth-order valence-electron chi connectivity index (χ4n) is 5.71. The molecule has 1 unspecified atom stereocenters. The first-order chi connectivity index (χ1) is 21.8. The van der Waals surface area contributed by atoms with Gasteiger partial charge >= 0.3 is 6.03 Å². The second-order valence-corrected chi connectivity index (χ2v) is 14.5. The first-order valence-electron chi connectivity index (χ1n) is 15.8. The van der Waals surface area contributed by atoms with Crippen LogP contribution in [0.3, 0.4) is 0 Å². The van der Waals surface area contributed by atoms with Crippen LogP contribution in [0.2, 0.25) is 0 Å². The van der Waals surface area contributed by atoms with Gasteiger partial charge in [-0.25, -0.2) is 4.79 Å². The number of carbonyl (C=O) groups is 7. The molecule has 0 bridgehead atoms. The number of primary amides is 1. The lowest BCUT2D eigenvalue weighted by Crippen LogP contribution is -2.64. The Hall–Kier alpha value is -4.56. The Bertz CT molecular complexity index is 1390. The van der Waals surface area contributed by atoms with Crippen molar-refractivity contribution in [2.75, 3.05) is 13.1 Å². The molecule has 0 aromatic rings. The van der Waals surface area contributed by atoms with Gasteiger partial charge in [-0.05, 0) is 41.2 Å². The highest BCUT2D eigenvalue weighted by molar-refractivity contribution is 6.37. The molecule has 1 saturated heterocycles. The maximum atomic E-state index is 14.0. The number of urea groups is 1. The van der Waals surface area contributed by atoms with E-state index in [1.54, 1.807) is 25.9 Å². The van der Waals surface area contributed by atoms with Gasteiger partial charge in [0.05, 0.1) is 24.2 Å². The Balaban J connectivity index is 1.76. The molecule has 0 aromatic heterocycles. The second-order valence-electron chi connectivity index (χ2n) is 14.5. The zero-order chi connectivity index (χ0) is 35.4. The summed E-state index contributed by atoms with van der Waals surface area (Å²) in [5.74, 6) is -4.19. The minimum absolute atomic E-state index is 0.00545. The zero-order valence-corrected chi connectivity index (χ0v) is 28.0. The molecule has 4 atom stereocenters. The van der Waals surface area contributed by atoms with Crippen LogP contribution in [0.1, 0.15) is 73.6 Å². The van der Waals surface area contributed by atoms with Crippen molar-refractivity contribution >= 4 is 47.6 Å². The fourth-order valence-corrected chi connectivity index (χ4v) is 5.71. The van der Waals surface area contributed by atoms with E-state index in [0.29, 0.717) is 19.3 Å². The van der Waals surface area contributed by atoms with Gasteiger partial charge in [-0.1, -0.05) is 67.0 Å². The minimum atomic E-state index is -1.14. The largest absolute Gasteiger partial charge is 0.363 e. The van der Waals surface area contributed by atoms with Crippen LogP contribution in [-0.2, 0) is 28.8 Å². The number of hydrogen-bond acceptors (Lipinski definition) is 8. The maximum absolute atomic E-state index is 14.0. The number of nitrogens with one attached hydrogen (secondary N) is 4. The molecule has 2 fully saturated rings. The molecule has 15 nitrogen and oxygen atoms in total. The fraction of sp³-hybridized carbons (Fsp3) is 0.625. The van der Waals surface area contributed by atoms with E-state index in [4.69, 9.17) is 10.9 Å². The number of ketones is 1. The number of likely N-dealkylation sites (tertiary alicyclic amines) is 1. The average molecular weight is 659 g/mol. The predicted molar refractivity (Wildman–Crippen MR) is 169 cm³/mol. The van der Waals surface area contributed by atoms with Gasteiger partial charge in [-0.3, -0.25) is 38.9 Å². The molecule has 2 aliphatic heterocycles. The molecule has 1 aliphatic carbocycles. The van der Waals surface area contributed by atoms with Crippen LogP contribution in [0, 0.1) is 16.7 Å². The third kappa shape index (κ3) is 8.83. The summed E-state index contributed by atoms with van der Waals surface area (Å²) in [5, 5.41) is 19.1. The van der Waals surface area contributed by atoms with Gasteiger partial charge in [0.2, 0.25) is 23.8 Å². The summed E-state index contributed by atoms with van der Waals surface area (Å²) in [6.45, 7) is 14.3. The molecule has 258 valence electrons. The number of Topliss-reactive ketones (excluding diaryl/α,β-unsaturated/α-hetero) is 1. The highest BCUT2D eigenvalue weighted by Gasteiger charge is 2.45. The summed E-state index contributed by atoms with van der Waals surface area (Å²) in [6, 6.07) is -4.57. The van der Waals surface area contributed by atoms with E-state index in [2.05, 4.69) is 22.5 Å². The first-order valence-corrected chi connectivity index (χ1v) is 15.8. The molecule has 1 saturated carbocycles. The standard InChI is InChI=1S/C32H47N7O8/c1-8-18-19(15-34-47)28(44)39(27(18)43)16-22(31(2,3)4)36-30(46)37-24(32(5,6)7)29(45)38-13-9-10-21(38)26(42)35-20(14-17-11-12-17)23(40)25(33)41/h8,15,17,20-22,24,47H,1,9-14,16H2,2-7H3,(H2,33,41)(H,35,42)(H2,36,37,46)/p+1/b34-15+/t20?,21-,22+,24+/m0/s1. The van der Waals surface area contributed by atoms with E-state index in [0.717, 1.165) is 24.0 Å². The summed E-state index contributed by atoms with van der Waals surface area (Å²) in [7, 11) is 0. The highest BCUT2D eigenvalue weighted by Crippen LogP contribution is 2.34. The van der Waals surface area contributed by atoms with Crippen LogP contribution >= 0.6 is 0 Å². The van der Waals surface area contributed by atoms with E-state index in [-0.39, 0.29) is 30.2 Å². The summed E-state index contributed by atoms with van der Waals surface area (Å²) in [6.07, 6.45) is 5.12. The lowest BCUT2D eigenvalue weighted by atomic mass is 9.85. The van der Waals surface area contributed by atoms with Crippen LogP contribution in [0.4, 0.5) is 4.79 Å². The predicted octanol–water partition coefficient (Wildman–Crippen LogP) is -1.16. The van der Waals surface area contributed by atoms with E-state index < -0.39 is 76.3 Å². The summed E-state index contributed by atoms with van der Waals surface area (Å²) >= 11 is 0. The molecule has 0 radical (unpaired) electrons. The lowest BCUT2D eigenvalue weighted by molar-refractivity contribution is -0.733. The normalized spacial score (nSPS) is 20.7. The number of carbonyl (C=O) groups excluding carboxylic acids is 7. The molecule has 47 heavy (non-hydrogen) atoms. The first kappa shape index (κ1) is 36.9. The highest BCUT2D eigenvalue weighted by atomic mass is 16.4. The van der Waals surface area contributed by atoms with Crippen LogP contribution in [0.25, 0.3) is 0 Å². The molecule has 3 aliphatic rings. The van der Waals surface area contributed by atoms with Crippen LogP contribution in [0.5, 0.6) is 0 Å². The van der Waals surface area contributed by atoms with Gasteiger partial charge in [-0.15, -0.1) is 0 Å². The summed E-state index contributed by atoms with van der Waals surface area (Å²) in [5.41, 5.74) is 3.66. The van der Waals surface area contributed by atoms with Crippen molar-refractivity contribution in [3.63, 3.8) is 0 Å². The quantitative estimate of drug-likeness (QED) is 0.0464. The Labute approximate surface area is 274 Å². The van der Waals surface area contributed by atoms with Crippen molar-refractivity contribution in [3.05, 3.63) is 23.8 Å². The van der Waals surface area contributed by atoms with Crippen molar-refractivity contribution < 1.29 is 43.9 Å². The average Bonchev–Trinajstić information content (AvgIpc) is 3.59. The molecule has 0 spiro atoms. The Morgan fingerprint density at radius 2 is 1.60 bits per heavy atom. The van der Waals surface area contributed by atoms with Crippen molar-refractivity contribution in [1.29, 1.82) is 0 Å². The number of nitrogens with two attached hydrogens (primary N) is 1. The third-order valence-electron chi connectivity index (χ3n) is 8.74. The Morgan fingerprint density at radius 1 is 0.979 bits per heavy atom. The minimum Gasteiger partial charge on any atom is -0.363 e. The monoisotopic (exact) mass is 658 g/mol. The Morgan fingerprint density at radius 3 is 2.11 bits per heavy atom. The molecule has 3 rings (SSSR count). The summed E-state index contributed by atoms with van der Waals surface area (Å²) < 4.78 is 0. The van der Waals surface area contributed by atoms with Crippen molar-refractivity contribution in [2.24, 2.45) is 22.5 Å². The van der Waals surface area contributed by atoms with Gasteiger partial charge in [0, 0.05) is 6.54 Å². The van der Waals surface area contributed by atoms with Gasteiger partial charge in [0.1, 0.15) is 17.7 Å². The smallest absolute Gasteiger partial charge is 0.315 e. The van der Waals surface area contributed by atoms with Crippen molar-refractivity contribution in [2.45, 2.75) is 97.8 Å². The number of imide groups is 1. The molecular weight excluding hydrogens is 610 g/mol. The van der Waals surface area contributed by atoms with Crippen molar-refractivity contribution in [1.82, 2.24) is 25.8 Å². The van der Waals surface area contributed by atoms with E-state index in [1.165, 1.54) is 11.0 Å². The number of nitrogens with zero attached hydrogens (tertiary/aromatic N) is 2. The molecule has 15 heteroatoms. The number of amides is 7. The molecule has 0 aromatic carbocycles. The van der Waals surface area contributed by atoms with E-state index in [1.807, 2.05) is 20.8 Å². The van der Waals surface area contributed by atoms with Crippen LogP contribution < -0.4 is 26.8 Å². The van der Waals surface area contributed by atoms with E-state index in [9.17, 15) is 33.6 Å². The molecular formula is C32H48N7O8+. The summed E-state index contributed by atoms with van der Waals surface area (Å²) in [4.78, 5) is 93.2. The molecule has 7 amide bonds. The van der Waals surface area contributed by atoms with E-state index >= 15 is 0 Å². The second kappa shape index (κ2) is 14.5. The van der Waals surface area contributed by atoms with Gasteiger partial charge in [0.25, 0.3) is 17.7 Å². The SMILES string of the molecule is C=CC1=C(/C=[NH+]/O)C(=O)N(C[C@@H](NC(=O)N[C@H](C(=O)N2CCC[C@H]2C(=O)NC(CC2CC2)C(=O)C(N)=O)C(C)(C)C)C(C)(C)C)C1=O. The number of rotatable bonds is 13. The van der Waals surface area contributed by atoms with Gasteiger partial charge in [0.15, 0.2) is 0 Å². The van der Waals surface area contributed by atoms with Crippen molar-refractivity contribution in [3.8, 4) is 0 Å². The molecule has 2 heterocycles. The number of hydrogen-bond donors (Lipinski definition) is 6. The maximum Gasteiger partial charge on any atom is 0.315 e. The lowest BCUT2D eigenvalue weighted by Gasteiger charge is -2.37. The zero-order valence-electron chi connectivity index (χ0n) is 28.0. The Kier molecular flexibility index (Phi) is 11.4. The molecule has 7 N–H and O–H groups in total. The van der Waals surface area contributed by atoms with Gasteiger partial charge in [-0.2, -0.15) is 0 Å².